The zero-order valence-corrected chi connectivity index (χ0v) is 19.3. The normalized spacial score (nSPS) is 12.7. The van der Waals surface area contributed by atoms with Gasteiger partial charge in [0.1, 0.15) is 17.8 Å². The minimum Gasteiger partial charge on any atom is -0.508 e. The van der Waals surface area contributed by atoms with E-state index in [0.29, 0.717) is 0 Å². The summed E-state index contributed by atoms with van der Waals surface area (Å²) in [6, 6.07) is 2.99. The van der Waals surface area contributed by atoms with Gasteiger partial charge in [-0.3, -0.25) is 19.2 Å². The van der Waals surface area contributed by atoms with E-state index in [4.69, 9.17) is 5.73 Å². The minimum atomic E-state index is -1.27. The fourth-order valence-corrected chi connectivity index (χ4v) is 2.52. The summed E-state index contributed by atoms with van der Waals surface area (Å²) in [6.07, 6.45) is -0.244. The van der Waals surface area contributed by atoms with Gasteiger partial charge in [-0.25, -0.2) is 4.79 Å². The quantitative estimate of drug-likeness (QED) is 0.232. The second-order valence-corrected chi connectivity index (χ2v) is 6.85. The van der Waals surface area contributed by atoms with Crippen molar-refractivity contribution in [1.29, 1.82) is 0 Å². The van der Waals surface area contributed by atoms with Crippen LogP contribution in [-0.4, -0.2) is 73.7 Å². The number of esters is 2. The third kappa shape index (κ3) is 10.7. The highest BCUT2D eigenvalue weighted by Gasteiger charge is 2.26. The molecule has 6 N–H and O–H groups in total. The molecule has 0 aliphatic carbocycles. The van der Waals surface area contributed by atoms with E-state index in [1.165, 1.54) is 19.1 Å². The Morgan fingerprint density at radius 1 is 1.00 bits per heavy atom. The molecule has 184 valence electrons. The van der Waals surface area contributed by atoms with Crippen molar-refractivity contribution in [1.82, 2.24) is 16.0 Å². The van der Waals surface area contributed by atoms with Gasteiger partial charge < -0.3 is 36.3 Å². The van der Waals surface area contributed by atoms with Crippen LogP contribution in [0.15, 0.2) is 24.3 Å². The number of phenols is 1. The Morgan fingerprint density at radius 3 is 2.15 bits per heavy atom. The number of nitrogens with one attached hydrogen (secondary N) is 3. The number of amides is 3. The first-order valence-corrected chi connectivity index (χ1v) is 9.63. The number of hydrogen-bond acceptors (Lipinski definition) is 9. The maximum Gasteiger partial charge on any atom is 0.328 e. The van der Waals surface area contributed by atoms with Gasteiger partial charge in [-0.2, -0.15) is 0 Å². The predicted octanol–water partition coefficient (Wildman–Crippen LogP) is -1.47. The zero-order valence-electron chi connectivity index (χ0n) is 18.5. The van der Waals surface area contributed by atoms with Crippen molar-refractivity contribution in [3.63, 3.8) is 0 Å². The number of phenolic OH excluding ortho intramolecular Hbond substituents is 1. The summed E-state index contributed by atoms with van der Waals surface area (Å²) in [5.41, 5.74) is 6.58. The molecule has 0 fully saturated rings. The highest BCUT2D eigenvalue weighted by Crippen LogP contribution is 2.11. The highest BCUT2D eigenvalue weighted by molar-refractivity contribution is 5.93. The summed E-state index contributed by atoms with van der Waals surface area (Å²) in [4.78, 5) is 59.4. The van der Waals surface area contributed by atoms with Crippen molar-refractivity contribution in [3.8, 4) is 5.75 Å². The van der Waals surface area contributed by atoms with Gasteiger partial charge in [0.05, 0.1) is 33.2 Å². The number of rotatable bonds is 11. The lowest BCUT2D eigenvalue weighted by Gasteiger charge is -2.18. The lowest BCUT2D eigenvalue weighted by Crippen LogP contribution is -2.53. The molecule has 3 atom stereocenters. The van der Waals surface area contributed by atoms with Crippen molar-refractivity contribution in [2.45, 2.75) is 37.9 Å². The first kappa shape index (κ1) is 29.6. The van der Waals surface area contributed by atoms with Crippen LogP contribution in [0.25, 0.3) is 0 Å². The third-order valence-electron chi connectivity index (χ3n) is 4.32. The SMILES string of the molecule is COC(=O)C[C@H](NC(=O)CNC(=O)[C@H](C)NC(=O)C(N)Cc1ccc(O)cc1)C(=O)OC.Cl. The van der Waals surface area contributed by atoms with Crippen molar-refractivity contribution >= 4 is 42.1 Å². The summed E-state index contributed by atoms with van der Waals surface area (Å²) in [5.74, 6) is -3.48. The molecule has 33 heavy (non-hydrogen) atoms. The van der Waals surface area contributed by atoms with Crippen LogP contribution < -0.4 is 21.7 Å². The third-order valence-corrected chi connectivity index (χ3v) is 4.32. The molecule has 0 spiro atoms. The number of methoxy groups -OCH3 is 2. The van der Waals surface area contributed by atoms with Gasteiger partial charge in [0, 0.05) is 0 Å². The summed E-state index contributed by atoms with van der Waals surface area (Å²) < 4.78 is 8.97. The zero-order chi connectivity index (χ0) is 24.3. The summed E-state index contributed by atoms with van der Waals surface area (Å²) in [5, 5.41) is 16.3. The van der Waals surface area contributed by atoms with E-state index in [9.17, 15) is 29.1 Å². The lowest BCUT2D eigenvalue weighted by molar-refractivity contribution is -0.150. The van der Waals surface area contributed by atoms with Gasteiger partial charge in [0.15, 0.2) is 0 Å². The molecule has 0 aliphatic heterocycles. The van der Waals surface area contributed by atoms with E-state index < -0.39 is 60.8 Å². The Labute approximate surface area is 197 Å². The topological polar surface area (TPSA) is 186 Å². The molecule has 13 heteroatoms. The van der Waals surface area contributed by atoms with Gasteiger partial charge in [-0.15, -0.1) is 12.4 Å². The molecular weight excluding hydrogens is 460 g/mol. The van der Waals surface area contributed by atoms with E-state index in [-0.39, 0.29) is 24.6 Å². The van der Waals surface area contributed by atoms with E-state index in [2.05, 4.69) is 25.4 Å². The molecule has 0 aliphatic rings. The fourth-order valence-electron chi connectivity index (χ4n) is 2.52. The van der Waals surface area contributed by atoms with Crippen LogP contribution in [0, 0.1) is 0 Å². The summed E-state index contributed by atoms with van der Waals surface area (Å²) >= 11 is 0. The van der Waals surface area contributed by atoms with E-state index in [1.54, 1.807) is 12.1 Å². The van der Waals surface area contributed by atoms with Gasteiger partial charge in [-0.1, -0.05) is 12.1 Å². The van der Waals surface area contributed by atoms with Crippen molar-refractivity contribution < 1.29 is 38.6 Å². The van der Waals surface area contributed by atoms with Crippen molar-refractivity contribution in [3.05, 3.63) is 29.8 Å². The highest BCUT2D eigenvalue weighted by atomic mass is 35.5. The Morgan fingerprint density at radius 2 is 1.61 bits per heavy atom. The first-order chi connectivity index (χ1) is 15.1. The summed E-state index contributed by atoms with van der Waals surface area (Å²) in [6.45, 7) is 0.903. The average molecular weight is 489 g/mol. The minimum absolute atomic E-state index is 0. The number of benzene rings is 1. The lowest BCUT2D eigenvalue weighted by atomic mass is 10.1. The molecule has 3 amide bonds. The van der Waals surface area contributed by atoms with Crippen LogP contribution in [0.3, 0.4) is 0 Å². The van der Waals surface area contributed by atoms with Crippen molar-refractivity contribution in [2.24, 2.45) is 5.73 Å². The molecule has 1 aromatic carbocycles. The number of hydrogen-bond donors (Lipinski definition) is 5. The standard InChI is InChI=1S/C20H28N4O8.ClH/c1-11(23-19(29)14(21)8-12-4-6-13(25)7-5-12)18(28)22-10-16(26)24-15(20(30)32-3)9-17(27)31-2;/h4-7,11,14-15,25H,8-10,21H2,1-3H3,(H,22,28)(H,23,29)(H,24,26);1H/t11-,14?,15-;/m0./s1. The molecule has 12 nitrogen and oxygen atoms in total. The molecule has 1 rings (SSSR count). The van der Waals surface area contributed by atoms with Crippen LogP contribution in [0.4, 0.5) is 0 Å². The Hall–Kier alpha value is -3.38. The van der Waals surface area contributed by atoms with Crippen LogP contribution in [0.5, 0.6) is 5.75 Å². The van der Waals surface area contributed by atoms with Crippen LogP contribution in [0.2, 0.25) is 0 Å². The smallest absolute Gasteiger partial charge is 0.328 e. The molecule has 0 heterocycles. The molecule has 0 saturated heterocycles. The fraction of sp³-hybridized carbons (Fsp3) is 0.450. The molecule has 0 bridgehead atoms. The molecule has 1 unspecified atom stereocenters. The number of aromatic hydroxyl groups is 1. The van der Waals surface area contributed by atoms with Crippen LogP contribution in [-0.2, 0) is 39.9 Å². The molecule has 1 aromatic rings. The van der Waals surface area contributed by atoms with Crippen LogP contribution >= 0.6 is 12.4 Å². The number of ether oxygens (including phenoxy) is 2. The number of halogens is 1. The van der Waals surface area contributed by atoms with Gasteiger partial charge in [-0.05, 0) is 31.0 Å². The molecule has 0 radical (unpaired) electrons. The Balaban J connectivity index is 0.0000102. The van der Waals surface area contributed by atoms with Gasteiger partial charge in [0.2, 0.25) is 17.7 Å². The van der Waals surface area contributed by atoms with Gasteiger partial charge >= 0.3 is 11.9 Å². The number of carbonyl (C=O) groups is 5. The second-order valence-electron chi connectivity index (χ2n) is 6.85. The van der Waals surface area contributed by atoms with Crippen LogP contribution in [0.1, 0.15) is 18.9 Å². The second kappa shape index (κ2) is 14.6. The van der Waals surface area contributed by atoms with E-state index >= 15 is 0 Å². The monoisotopic (exact) mass is 488 g/mol. The maximum atomic E-state index is 12.2. The van der Waals surface area contributed by atoms with Crippen molar-refractivity contribution in [2.75, 3.05) is 20.8 Å². The Bertz CT molecular complexity index is 834. The average Bonchev–Trinajstić information content (AvgIpc) is 2.77. The predicted molar refractivity (Wildman–Crippen MR) is 118 cm³/mol. The molecule has 0 aromatic heterocycles. The maximum absolute atomic E-state index is 12.2. The summed E-state index contributed by atoms with van der Waals surface area (Å²) in [7, 11) is 2.22. The first-order valence-electron chi connectivity index (χ1n) is 9.63. The largest absolute Gasteiger partial charge is 0.508 e. The van der Waals surface area contributed by atoms with Gasteiger partial charge in [0.25, 0.3) is 0 Å². The molecule has 0 saturated carbocycles. The number of nitrogens with two attached hydrogens (primary N) is 1. The Kier molecular flexibility index (Phi) is 13.1. The number of carbonyl (C=O) groups excluding carboxylic acids is 5. The van der Waals surface area contributed by atoms with E-state index in [1.807, 2.05) is 0 Å². The molecular formula is C20H29ClN4O8. The van der Waals surface area contributed by atoms with E-state index in [0.717, 1.165) is 19.8 Å².